The van der Waals surface area contributed by atoms with E-state index in [0.29, 0.717) is 5.57 Å². The van der Waals surface area contributed by atoms with Crippen LogP contribution in [0, 0.1) is 5.92 Å². The van der Waals surface area contributed by atoms with Gasteiger partial charge in [0.2, 0.25) is 0 Å². The molecule has 0 aromatic carbocycles. The number of carbonyl (C=O) groups is 1. The highest BCUT2D eigenvalue weighted by Crippen LogP contribution is 2.34. The number of hydrogen-bond donors (Lipinski definition) is 1. The van der Waals surface area contributed by atoms with Crippen LogP contribution in [-0.4, -0.2) is 16.9 Å². The Morgan fingerprint density at radius 3 is 1.93 bits per heavy atom. The Morgan fingerprint density at radius 2 is 1.60 bits per heavy atom. The van der Waals surface area contributed by atoms with Gasteiger partial charge in [0.25, 0.3) is 0 Å². The molecule has 0 aromatic heterocycles. The molecule has 86 valence electrons. The van der Waals surface area contributed by atoms with E-state index in [0.717, 1.165) is 12.8 Å². The fraction of sp³-hybridized carbons (Fsp3) is 0.769. The molecule has 1 aliphatic rings. The molecule has 1 N–H and O–H groups in total. The summed E-state index contributed by atoms with van der Waals surface area (Å²) in [6, 6.07) is 0. The second-order valence-corrected chi connectivity index (χ2v) is 6.14. The van der Waals surface area contributed by atoms with Crippen molar-refractivity contribution in [3.63, 3.8) is 0 Å². The molecule has 1 aliphatic heterocycles. The monoisotopic (exact) mass is 209 g/mol. The highest BCUT2D eigenvalue weighted by molar-refractivity contribution is 5.96. The highest BCUT2D eigenvalue weighted by atomic mass is 16.1. The van der Waals surface area contributed by atoms with Crippen molar-refractivity contribution in [1.29, 1.82) is 0 Å². The lowest BCUT2D eigenvalue weighted by Crippen LogP contribution is -2.58. The van der Waals surface area contributed by atoms with Crippen LogP contribution in [0.15, 0.2) is 12.2 Å². The van der Waals surface area contributed by atoms with Crippen molar-refractivity contribution in [2.75, 3.05) is 0 Å². The minimum atomic E-state index is 0.0392. The zero-order valence-electron chi connectivity index (χ0n) is 10.6. The second kappa shape index (κ2) is 3.75. The van der Waals surface area contributed by atoms with Gasteiger partial charge in [0.15, 0.2) is 5.78 Å². The molecule has 0 aliphatic carbocycles. The molecular formula is C13H23NO. The Morgan fingerprint density at radius 1 is 1.20 bits per heavy atom. The van der Waals surface area contributed by atoms with E-state index in [1.54, 1.807) is 0 Å². The summed E-state index contributed by atoms with van der Waals surface area (Å²) in [5.74, 6) is 0.367. The van der Waals surface area contributed by atoms with E-state index < -0.39 is 0 Å². The summed E-state index contributed by atoms with van der Waals surface area (Å²) in [5, 5.41) is 3.57. The number of Topliss-reactive ketones (excluding diaryl/α,β-unsaturated/α-hetero) is 1. The summed E-state index contributed by atoms with van der Waals surface area (Å²) in [6.07, 6.45) is 1.81. The average molecular weight is 209 g/mol. The molecule has 0 unspecified atom stereocenters. The van der Waals surface area contributed by atoms with E-state index in [4.69, 9.17) is 0 Å². The molecule has 0 saturated carbocycles. The van der Waals surface area contributed by atoms with E-state index in [2.05, 4.69) is 39.6 Å². The molecule has 0 radical (unpaired) electrons. The smallest absolute Gasteiger partial charge is 0.161 e. The Labute approximate surface area is 93.1 Å². The Hall–Kier alpha value is -0.630. The second-order valence-electron chi connectivity index (χ2n) is 6.14. The van der Waals surface area contributed by atoms with Gasteiger partial charge in [0.1, 0.15) is 0 Å². The van der Waals surface area contributed by atoms with Crippen LogP contribution in [0.4, 0.5) is 0 Å². The van der Waals surface area contributed by atoms with Crippen LogP contribution < -0.4 is 5.32 Å². The van der Waals surface area contributed by atoms with Crippen LogP contribution in [0.25, 0.3) is 0 Å². The predicted octanol–water partition coefficient (Wildman–Crippen LogP) is 2.69. The first-order chi connectivity index (χ1) is 6.63. The largest absolute Gasteiger partial charge is 0.307 e. The molecule has 1 heterocycles. The van der Waals surface area contributed by atoms with E-state index in [-0.39, 0.29) is 22.8 Å². The minimum absolute atomic E-state index is 0.0392. The maximum Gasteiger partial charge on any atom is 0.161 e. The van der Waals surface area contributed by atoms with E-state index in [1.807, 2.05) is 6.92 Å². The van der Waals surface area contributed by atoms with Crippen LogP contribution in [0.5, 0.6) is 0 Å². The molecule has 0 bridgehead atoms. The number of rotatable bonds is 2. The lowest BCUT2D eigenvalue weighted by atomic mass is 9.73. The SMILES string of the molecule is C=C(C)C(=O)C1CC(C)(C)NC(C)(C)C1. The normalized spacial score (nSPS) is 24.9. The van der Waals surface area contributed by atoms with Crippen LogP contribution in [0.3, 0.4) is 0 Å². The van der Waals surface area contributed by atoms with Gasteiger partial charge in [0, 0.05) is 17.0 Å². The molecule has 0 atom stereocenters. The van der Waals surface area contributed by atoms with Gasteiger partial charge in [-0.3, -0.25) is 4.79 Å². The molecule has 1 saturated heterocycles. The number of nitrogens with one attached hydrogen (secondary N) is 1. The first kappa shape index (κ1) is 12.4. The van der Waals surface area contributed by atoms with Gasteiger partial charge < -0.3 is 5.32 Å². The zero-order valence-corrected chi connectivity index (χ0v) is 10.6. The van der Waals surface area contributed by atoms with Crippen molar-refractivity contribution in [3.05, 3.63) is 12.2 Å². The summed E-state index contributed by atoms with van der Waals surface area (Å²) < 4.78 is 0. The molecule has 15 heavy (non-hydrogen) atoms. The minimum Gasteiger partial charge on any atom is -0.307 e. The Balaban J connectivity index is 2.84. The first-order valence-corrected chi connectivity index (χ1v) is 5.62. The molecule has 0 amide bonds. The van der Waals surface area contributed by atoms with Crippen LogP contribution in [-0.2, 0) is 4.79 Å². The van der Waals surface area contributed by atoms with Gasteiger partial charge in [-0.2, -0.15) is 0 Å². The fourth-order valence-electron chi connectivity index (χ4n) is 2.86. The van der Waals surface area contributed by atoms with E-state index >= 15 is 0 Å². The molecule has 2 heteroatoms. The number of ketones is 1. The van der Waals surface area contributed by atoms with Gasteiger partial charge in [-0.05, 0) is 53.0 Å². The molecule has 1 fully saturated rings. The highest BCUT2D eigenvalue weighted by Gasteiger charge is 2.40. The maximum absolute atomic E-state index is 11.9. The number of hydrogen-bond acceptors (Lipinski definition) is 2. The molecule has 0 spiro atoms. The first-order valence-electron chi connectivity index (χ1n) is 5.62. The van der Waals surface area contributed by atoms with Gasteiger partial charge in [-0.15, -0.1) is 0 Å². The van der Waals surface area contributed by atoms with Crippen molar-refractivity contribution < 1.29 is 4.79 Å². The van der Waals surface area contributed by atoms with Crippen LogP contribution >= 0.6 is 0 Å². The standard InChI is InChI=1S/C13H23NO/c1-9(2)11(15)10-7-12(3,4)14-13(5,6)8-10/h10,14H,1,7-8H2,2-6H3. The van der Waals surface area contributed by atoms with Gasteiger partial charge in [0.05, 0.1) is 0 Å². The molecule has 2 nitrogen and oxygen atoms in total. The van der Waals surface area contributed by atoms with Crippen LogP contribution in [0.2, 0.25) is 0 Å². The summed E-state index contributed by atoms with van der Waals surface area (Å²) in [6.45, 7) is 14.2. The zero-order chi connectivity index (χ0) is 11.9. The lowest BCUT2D eigenvalue weighted by molar-refractivity contribution is -0.121. The third-order valence-electron chi connectivity index (χ3n) is 2.98. The fourth-order valence-corrected chi connectivity index (χ4v) is 2.86. The van der Waals surface area contributed by atoms with Crippen molar-refractivity contribution in [2.24, 2.45) is 5.92 Å². The van der Waals surface area contributed by atoms with Crippen molar-refractivity contribution in [3.8, 4) is 0 Å². The maximum atomic E-state index is 11.9. The third kappa shape index (κ3) is 3.16. The van der Waals surface area contributed by atoms with E-state index in [1.165, 1.54) is 0 Å². The van der Waals surface area contributed by atoms with Gasteiger partial charge >= 0.3 is 0 Å². The molecular weight excluding hydrogens is 186 g/mol. The van der Waals surface area contributed by atoms with Gasteiger partial charge in [-0.1, -0.05) is 6.58 Å². The summed E-state index contributed by atoms with van der Waals surface area (Å²) in [5.41, 5.74) is 0.767. The molecule has 1 rings (SSSR count). The Kier molecular flexibility index (Phi) is 3.11. The molecule has 0 aromatic rings. The van der Waals surface area contributed by atoms with Gasteiger partial charge in [-0.25, -0.2) is 0 Å². The summed E-state index contributed by atoms with van der Waals surface area (Å²) >= 11 is 0. The number of piperidine rings is 1. The van der Waals surface area contributed by atoms with E-state index in [9.17, 15) is 4.79 Å². The quantitative estimate of drug-likeness (QED) is 0.708. The Bertz CT molecular complexity index is 273. The van der Waals surface area contributed by atoms with Crippen LogP contribution in [0.1, 0.15) is 47.5 Å². The van der Waals surface area contributed by atoms with Crippen molar-refractivity contribution >= 4 is 5.78 Å². The number of carbonyl (C=O) groups excluding carboxylic acids is 1. The topological polar surface area (TPSA) is 29.1 Å². The number of allylic oxidation sites excluding steroid dienone is 1. The summed E-state index contributed by atoms with van der Waals surface area (Å²) in [4.78, 5) is 11.9. The predicted molar refractivity (Wildman–Crippen MR) is 63.8 cm³/mol. The average Bonchev–Trinajstić information content (AvgIpc) is 1.96. The van der Waals surface area contributed by atoms with Crippen molar-refractivity contribution in [2.45, 2.75) is 58.5 Å². The van der Waals surface area contributed by atoms with Crippen molar-refractivity contribution in [1.82, 2.24) is 5.32 Å². The summed E-state index contributed by atoms with van der Waals surface area (Å²) in [7, 11) is 0. The lowest BCUT2D eigenvalue weighted by Gasteiger charge is -2.46. The third-order valence-corrected chi connectivity index (χ3v) is 2.98.